The van der Waals surface area contributed by atoms with Crippen LogP contribution < -0.4 is 10.1 Å². The van der Waals surface area contributed by atoms with E-state index in [1.54, 1.807) is 30.3 Å². The number of carbonyl (C=O) groups excluding carboxylic acids is 1. The highest BCUT2D eigenvalue weighted by molar-refractivity contribution is 6.00. The number of fused-ring (bicyclic) bond motifs is 1. The molecular formula is C26H27F3N2O2. The topological polar surface area (TPSA) is 41.6 Å². The number of hydrogen-bond donors (Lipinski definition) is 1. The van der Waals surface area contributed by atoms with E-state index in [-0.39, 0.29) is 11.9 Å². The molecule has 7 heteroatoms. The predicted octanol–water partition coefficient (Wildman–Crippen LogP) is 6.11. The van der Waals surface area contributed by atoms with Crippen LogP contribution in [0.4, 0.5) is 13.2 Å². The maximum absolute atomic E-state index is 12.8. The summed E-state index contributed by atoms with van der Waals surface area (Å²) in [6.07, 6.45) is -4.39. The molecule has 0 saturated carbocycles. The first-order chi connectivity index (χ1) is 15.6. The van der Waals surface area contributed by atoms with Crippen molar-refractivity contribution in [2.75, 3.05) is 13.1 Å². The van der Waals surface area contributed by atoms with Gasteiger partial charge < -0.3 is 15.0 Å². The maximum Gasteiger partial charge on any atom is 0.416 e. The van der Waals surface area contributed by atoms with Crippen LogP contribution in [0.1, 0.15) is 36.7 Å². The number of carbonyl (C=O) groups is 1. The molecule has 1 aliphatic rings. The number of alkyl halides is 3. The summed E-state index contributed by atoms with van der Waals surface area (Å²) in [6.45, 7) is 8.36. The van der Waals surface area contributed by atoms with Gasteiger partial charge in [0.25, 0.3) is 5.91 Å². The van der Waals surface area contributed by atoms with Crippen molar-refractivity contribution < 1.29 is 22.7 Å². The highest BCUT2D eigenvalue weighted by Crippen LogP contribution is 2.34. The number of nitrogens with one attached hydrogen (secondary N) is 1. The molecule has 3 aromatic rings. The van der Waals surface area contributed by atoms with E-state index in [9.17, 15) is 18.0 Å². The number of rotatable bonds is 6. The van der Waals surface area contributed by atoms with Gasteiger partial charge in [0.2, 0.25) is 0 Å². The number of halogens is 3. The van der Waals surface area contributed by atoms with E-state index in [1.165, 1.54) is 12.1 Å². The molecule has 4 rings (SSSR count). The summed E-state index contributed by atoms with van der Waals surface area (Å²) in [5, 5.41) is 4.69. The first-order valence-corrected chi connectivity index (χ1v) is 11.0. The standard InChI is InChI=1S/C26H27F3N2O2/c1-16(2)31-14-20(15-31)17(3)30-25(32)19-7-12-23-18(13-19)5-4-6-24(23)33-22-10-8-21(9-11-22)26(27,28)29/h4-13,16-17,20H,14-15H2,1-3H3,(H,30,32)/t17-/m0/s1. The smallest absolute Gasteiger partial charge is 0.416 e. The van der Waals surface area contributed by atoms with Gasteiger partial charge in [-0.05, 0) is 74.7 Å². The van der Waals surface area contributed by atoms with E-state index in [4.69, 9.17) is 4.74 Å². The maximum atomic E-state index is 12.8. The highest BCUT2D eigenvalue weighted by Gasteiger charge is 2.33. The van der Waals surface area contributed by atoms with Crippen molar-refractivity contribution in [3.8, 4) is 11.5 Å². The van der Waals surface area contributed by atoms with Gasteiger partial charge in [0, 0.05) is 42.0 Å². The van der Waals surface area contributed by atoms with E-state index < -0.39 is 11.7 Å². The number of amides is 1. The Morgan fingerprint density at radius 3 is 2.36 bits per heavy atom. The van der Waals surface area contributed by atoms with Crippen LogP contribution in [-0.4, -0.2) is 36.0 Å². The van der Waals surface area contributed by atoms with Crippen LogP contribution in [0, 0.1) is 5.92 Å². The minimum absolute atomic E-state index is 0.0811. The fourth-order valence-electron chi connectivity index (χ4n) is 4.02. The Labute approximate surface area is 191 Å². The van der Waals surface area contributed by atoms with Crippen LogP contribution >= 0.6 is 0 Å². The fraction of sp³-hybridized carbons (Fsp3) is 0.346. The van der Waals surface area contributed by atoms with Crippen LogP contribution in [0.3, 0.4) is 0 Å². The molecule has 0 spiro atoms. The summed E-state index contributed by atoms with van der Waals surface area (Å²) in [5.74, 6) is 1.14. The quantitative estimate of drug-likeness (QED) is 0.487. The Bertz CT molecular complexity index is 1140. The average Bonchev–Trinajstić information content (AvgIpc) is 2.72. The van der Waals surface area contributed by atoms with Gasteiger partial charge in [0.1, 0.15) is 11.5 Å². The third kappa shape index (κ3) is 5.14. The van der Waals surface area contributed by atoms with Gasteiger partial charge in [0.05, 0.1) is 5.56 Å². The lowest BCUT2D eigenvalue weighted by Crippen LogP contribution is -2.57. The molecule has 1 N–H and O–H groups in total. The SMILES string of the molecule is CC(C)N1CC([C@H](C)NC(=O)c2ccc3c(Oc4ccc(C(F)(F)F)cc4)cccc3c2)C1. The summed E-state index contributed by atoms with van der Waals surface area (Å²) in [4.78, 5) is 15.2. The van der Waals surface area contributed by atoms with Crippen molar-refractivity contribution in [1.29, 1.82) is 0 Å². The van der Waals surface area contributed by atoms with Crippen LogP contribution in [0.5, 0.6) is 11.5 Å². The van der Waals surface area contributed by atoms with Gasteiger partial charge in [0.15, 0.2) is 0 Å². The second-order valence-corrected chi connectivity index (χ2v) is 8.89. The molecular weight excluding hydrogens is 429 g/mol. The Balaban J connectivity index is 1.46. The van der Waals surface area contributed by atoms with Gasteiger partial charge >= 0.3 is 6.18 Å². The number of nitrogens with zero attached hydrogens (tertiary/aromatic N) is 1. The lowest BCUT2D eigenvalue weighted by atomic mass is 9.91. The van der Waals surface area contributed by atoms with E-state index in [0.717, 1.165) is 36.0 Å². The summed E-state index contributed by atoms with van der Waals surface area (Å²) in [5.41, 5.74) is -0.169. The third-order valence-electron chi connectivity index (χ3n) is 6.25. The first-order valence-electron chi connectivity index (χ1n) is 11.0. The van der Waals surface area contributed by atoms with E-state index in [0.29, 0.717) is 29.0 Å². The molecule has 33 heavy (non-hydrogen) atoms. The van der Waals surface area contributed by atoms with Crippen molar-refractivity contribution in [1.82, 2.24) is 10.2 Å². The first kappa shape index (κ1) is 23.1. The molecule has 3 aromatic carbocycles. The van der Waals surface area contributed by atoms with Gasteiger partial charge in [-0.2, -0.15) is 13.2 Å². The van der Waals surface area contributed by atoms with Gasteiger partial charge in [-0.15, -0.1) is 0 Å². The van der Waals surface area contributed by atoms with Crippen molar-refractivity contribution in [3.63, 3.8) is 0 Å². The van der Waals surface area contributed by atoms with Crippen LogP contribution in [0.15, 0.2) is 60.7 Å². The summed E-state index contributed by atoms with van der Waals surface area (Å²) >= 11 is 0. The summed E-state index contributed by atoms with van der Waals surface area (Å²) in [7, 11) is 0. The zero-order valence-electron chi connectivity index (χ0n) is 18.8. The molecule has 1 fully saturated rings. The third-order valence-corrected chi connectivity index (χ3v) is 6.25. The van der Waals surface area contributed by atoms with E-state index in [1.807, 2.05) is 13.0 Å². The van der Waals surface area contributed by atoms with Gasteiger partial charge in [-0.1, -0.05) is 12.1 Å². The van der Waals surface area contributed by atoms with Crippen molar-refractivity contribution >= 4 is 16.7 Å². The lowest BCUT2D eigenvalue weighted by molar-refractivity contribution is -0.137. The number of likely N-dealkylation sites (tertiary alicyclic amines) is 1. The molecule has 4 nitrogen and oxygen atoms in total. The monoisotopic (exact) mass is 456 g/mol. The molecule has 1 atom stereocenters. The Kier molecular flexibility index (Phi) is 6.34. The minimum Gasteiger partial charge on any atom is -0.457 e. The van der Waals surface area contributed by atoms with Gasteiger partial charge in [-0.25, -0.2) is 0 Å². The molecule has 0 bridgehead atoms. The van der Waals surface area contributed by atoms with Crippen LogP contribution in [0.25, 0.3) is 10.8 Å². The number of benzene rings is 3. The largest absolute Gasteiger partial charge is 0.457 e. The highest BCUT2D eigenvalue weighted by atomic mass is 19.4. The molecule has 1 heterocycles. The predicted molar refractivity (Wildman–Crippen MR) is 123 cm³/mol. The van der Waals surface area contributed by atoms with Crippen LogP contribution in [-0.2, 0) is 6.18 Å². The molecule has 1 saturated heterocycles. The van der Waals surface area contributed by atoms with E-state index in [2.05, 4.69) is 24.1 Å². The zero-order chi connectivity index (χ0) is 23.8. The second-order valence-electron chi connectivity index (χ2n) is 8.89. The normalized spacial score (nSPS) is 16.0. The van der Waals surface area contributed by atoms with Crippen molar-refractivity contribution in [2.24, 2.45) is 5.92 Å². The zero-order valence-corrected chi connectivity index (χ0v) is 18.8. The van der Waals surface area contributed by atoms with Crippen molar-refractivity contribution in [2.45, 2.75) is 39.0 Å². The average molecular weight is 457 g/mol. The molecule has 1 amide bonds. The summed E-state index contributed by atoms with van der Waals surface area (Å²) in [6, 6.07) is 15.9. The van der Waals surface area contributed by atoms with E-state index >= 15 is 0 Å². The molecule has 174 valence electrons. The molecule has 0 aliphatic carbocycles. The fourth-order valence-corrected chi connectivity index (χ4v) is 4.02. The minimum atomic E-state index is -4.39. The Morgan fingerprint density at radius 2 is 1.73 bits per heavy atom. The van der Waals surface area contributed by atoms with Gasteiger partial charge in [-0.3, -0.25) is 4.79 Å². The molecule has 0 radical (unpaired) electrons. The summed E-state index contributed by atoms with van der Waals surface area (Å²) < 4.78 is 44.2. The molecule has 1 aliphatic heterocycles. The molecule has 0 aromatic heterocycles. The van der Waals surface area contributed by atoms with Crippen molar-refractivity contribution in [3.05, 3.63) is 71.8 Å². The lowest BCUT2D eigenvalue weighted by Gasteiger charge is -2.45. The number of hydrogen-bond acceptors (Lipinski definition) is 3. The molecule has 0 unspecified atom stereocenters. The van der Waals surface area contributed by atoms with Crippen LogP contribution in [0.2, 0.25) is 0 Å². The second kappa shape index (κ2) is 9.06. The Morgan fingerprint density at radius 1 is 1.03 bits per heavy atom. The Hall–Kier alpha value is -3.06. The number of ether oxygens (including phenoxy) is 1.